The third-order valence-electron chi connectivity index (χ3n) is 3.61. The summed E-state index contributed by atoms with van der Waals surface area (Å²) in [6.07, 6.45) is 3.05. The van der Waals surface area contributed by atoms with E-state index in [2.05, 4.69) is 14.9 Å². The van der Waals surface area contributed by atoms with Crippen molar-refractivity contribution in [2.45, 2.75) is 20.1 Å². The van der Waals surface area contributed by atoms with Crippen molar-refractivity contribution < 1.29 is 27.6 Å². The van der Waals surface area contributed by atoms with Gasteiger partial charge in [0.25, 0.3) is 0 Å². The molecule has 0 bridgehead atoms. The Hall–Kier alpha value is -3.55. The molecule has 0 N–H and O–H groups in total. The van der Waals surface area contributed by atoms with Crippen LogP contribution in [0.15, 0.2) is 59.1 Å². The van der Waals surface area contributed by atoms with Crippen LogP contribution in [-0.2, 0) is 6.61 Å². The molecule has 144 valence electrons. The maximum Gasteiger partial charge on any atom is 0.387 e. The average molecular weight is 386 g/mol. The van der Waals surface area contributed by atoms with E-state index in [0.717, 1.165) is 5.56 Å². The third kappa shape index (κ3) is 5.47. The average Bonchev–Trinajstić information content (AvgIpc) is 3.10. The van der Waals surface area contributed by atoms with Crippen molar-refractivity contribution in [2.24, 2.45) is 0 Å². The Bertz CT molecular complexity index is 951. The molecule has 1 aromatic heterocycles. The lowest BCUT2D eigenvalue weighted by Crippen LogP contribution is -2.02. The summed E-state index contributed by atoms with van der Waals surface area (Å²) >= 11 is 0. The van der Waals surface area contributed by atoms with Gasteiger partial charge in [-0.25, -0.2) is 0 Å². The largest absolute Gasteiger partial charge is 0.485 e. The Morgan fingerprint density at radius 2 is 1.79 bits per heavy atom. The summed E-state index contributed by atoms with van der Waals surface area (Å²) in [6, 6.07) is 12.6. The number of hydrogen-bond donors (Lipinski definition) is 0. The Balaban J connectivity index is 1.55. The summed E-state index contributed by atoms with van der Waals surface area (Å²) in [5.74, 6) is 1.30. The SMILES string of the molecule is Cc1nc(COc2ccc(/C=C/C(=O)c3ccc(OC(F)F)cc3)cc2)no1. The standard InChI is InChI=1S/C20H16F2N2O4/c1-13-23-19(24-28-13)12-26-16-7-2-14(3-8-16)4-11-18(25)15-5-9-17(10-6-15)27-20(21)22/h2-11,20H,12H2,1H3/b11-4+. The number of carbonyl (C=O) groups is 1. The monoisotopic (exact) mass is 386 g/mol. The fourth-order valence-electron chi connectivity index (χ4n) is 2.29. The minimum Gasteiger partial charge on any atom is -0.485 e. The number of carbonyl (C=O) groups excluding carboxylic acids is 1. The van der Waals surface area contributed by atoms with Crippen LogP contribution >= 0.6 is 0 Å². The van der Waals surface area contributed by atoms with E-state index in [1.807, 2.05) is 0 Å². The summed E-state index contributed by atoms with van der Waals surface area (Å²) in [7, 11) is 0. The van der Waals surface area contributed by atoms with Crippen molar-refractivity contribution in [3.05, 3.63) is 77.4 Å². The maximum absolute atomic E-state index is 12.2. The first-order valence-electron chi connectivity index (χ1n) is 8.29. The molecule has 6 nitrogen and oxygen atoms in total. The molecule has 1 heterocycles. The number of hydrogen-bond acceptors (Lipinski definition) is 6. The second kappa shape index (κ2) is 8.90. The van der Waals surface area contributed by atoms with Gasteiger partial charge < -0.3 is 14.0 Å². The van der Waals surface area contributed by atoms with E-state index in [1.165, 1.54) is 30.3 Å². The smallest absolute Gasteiger partial charge is 0.387 e. The van der Waals surface area contributed by atoms with Crippen LogP contribution in [0.3, 0.4) is 0 Å². The van der Waals surface area contributed by atoms with Crippen LogP contribution in [0.25, 0.3) is 6.08 Å². The van der Waals surface area contributed by atoms with Crippen LogP contribution in [0.2, 0.25) is 0 Å². The van der Waals surface area contributed by atoms with Crippen LogP contribution in [0.1, 0.15) is 27.6 Å². The summed E-state index contributed by atoms with van der Waals surface area (Å²) in [5.41, 5.74) is 1.17. The second-order valence-corrected chi connectivity index (χ2v) is 5.69. The lowest BCUT2D eigenvalue weighted by Gasteiger charge is -2.04. The van der Waals surface area contributed by atoms with Gasteiger partial charge in [0.15, 0.2) is 12.4 Å². The van der Waals surface area contributed by atoms with Crippen molar-refractivity contribution in [1.82, 2.24) is 10.1 Å². The van der Waals surface area contributed by atoms with Gasteiger partial charge in [-0.1, -0.05) is 23.4 Å². The number of aryl methyl sites for hydroxylation is 1. The molecule has 0 atom stereocenters. The Morgan fingerprint density at radius 3 is 2.39 bits per heavy atom. The van der Waals surface area contributed by atoms with Crippen molar-refractivity contribution in [1.29, 1.82) is 0 Å². The number of halogens is 2. The number of rotatable bonds is 8. The van der Waals surface area contributed by atoms with Gasteiger partial charge in [-0.2, -0.15) is 13.8 Å². The molecule has 0 fully saturated rings. The van der Waals surface area contributed by atoms with Crippen molar-refractivity contribution in [3.63, 3.8) is 0 Å². The van der Waals surface area contributed by atoms with Crippen molar-refractivity contribution in [2.75, 3.05) is 0 Å². The fraction of sp³-hybridized carbons (Fsp3) is 0.150. The number of ether oxygens (including phenoxy) is 2. The van der Waals surface area contributed by atoms with Gasteiger partial charge in [0.05, 0.1) is 0 Å². The number of aromatic nitrogens is 2. The molecule has 28 heavy (non-hydrogen) atoms. The predicted octanol–water partition coefficient (Wildman–Crippen LogP) is 4.45. The number of allylic oxidation sites excluding steroid dienone is 1. The number of ketones is 1. The Kier molecular flexibility index (Phi) is 6.11. The highest BCUT2D eigenvalue weighted by Crippen LogP contribution is 2.17. The predicted molar refractivity (Wildman–Crippen MR) is 96.2 cm³/mol. The Morgan fingerprint density at radius 1 is 1.11 bits per heavy atom. The van der Waals surface area contributed by atoms with E-state index in [9.17, 15) is 13.6 Å². The first kappa shape index (κ1) is 19.2. The third-order valence-corrected chi connectivity index (χ3v) is 3.61. The van der Waals surface area contributed by atoms with E-state index in [0.29, 0.717) is 23.0 Å². The van der Waals surface area contributed by atoms with Crippen LogP contribution < -0.4 is 9.47 Å². The van der Waals surface area contributed by atoms with Crippen molar-refractivity contribution in [3.8, 4) is 11.5 Å². The molecule has 0 aliphatic heterocycles. The van der Waals surface area contributed by atoms with Gasteiger partial charge in [-0.15, -0.1) is 0 Å². The highest BCUT2D eigenvalue weighted by atomic mass is 19.3. The van der Waals surface area contributed by atoms with Gasteiger partial charge in [0.2, 0.25) is 11.7 Å². The summed E-state index contributed by atoms with van der Waals surface area (Å²) in [6.45, 7) is -1.01. The summed E-state index contributed by atoms with van der Waals surface area (Å²) in [5, 5.41) is 3.74. The Labute approximate surface area is 159 Å². The number of alkyl halides is 2. The lowest BCUT2D eigenvalue weighted by molar-refractivity contribution is -0.0498. The molecule has 0 aliphatic carbocycles. The molecule has 3 rings (SSSR count). The van der Waals surface area contributed by atoms with Crippen LogP contribution in [0.4, 0.5) is 8.78 Å². The van der Waals surface area contributed by atoms with Crippen LogP contribution in [-0.4, -0.2) is 22.5 Å². The van der Waals surface area contributed by atoms with Gasteiger partial charge in [-0.05, 0) is 48.0 Å². The molecular weight excluding hydrogens is 370 g/mol. The molecule has 0 spiro atoms. The molecule has 0 saturated carbocycles. The normalized spacial score (nSPS) is 11.1. The number of benzene rings is 2. The van der Waals surface area contributed by atoms with Crippen LogP contribution in [0, 0.1) is 6.92 Å². The van der Waals surface area contributed by atoms with Gasteiger partial charge >= 0.3 is 6.61 Å². The van der Waals surface area contributed by atoms with E-state index in [4.69, 9.17) is 9.26 Å². The summed E-state index contributed by atoms with van der Waals surface area (Å²) < 4.78 is 38.9. The molecule has 0 radical (unpaired) electrons. The molecular formula is C20H16F2N2O4. The topological polar surface area (TPSA) is 74.5 Å². The van der Waals surface area contributed by atoms with Gasteiger partial charge in [0, 0.05) is 12.5 Å². The van der Waals surface area contributed by atoms with Gasteiger partial charge in [0.1, 0.15) is 11.5 Å². The molecule has 0 unspecified atom stereocenters. The second-order valence-electron chi connectivity index (χ2n) is 5.69. The number of nitrogens with zero attached hydrogens (tertiary/aromatic N) is 2. The minimum absolute atomic E-state index is 0.00194. The van der Waals surface area contributed by atoms with Crippen molar-refractivity contribution >= 4 is 11.9 Å². The highest BCUT2D eigenvalue weighted by molar-refractivity contribution is 6.06. The van der Waals surface area contributed by atoms with E-state index in [1.54, 1.807) is 37.3 Å². The first-order valence-corrected chi connectivity index (χ1v) is 8.29. The zero-order valence-corrected chi connectivity index (χ0v) is 14.8. The molecule has 0 aliphatic rings. The van der Waals surface area contributed by atoms with Gasteiger partial charge in [-0.3, -0.25) is 4.79 Å². The molecule has 3 aromatic rings. The quantitative estimate of drug-likeness (QED) is 0.420. The van der Waals surface area contributed by atoms with E-state index >= 15 is 0 Å². The minimum atomic E-state index is -2.90. The highest BCUT2D eigenvalue weighted by Gasteiger charge is 2.06. The van der Waals surface area contributed by atoms with E-state index < -0.39 is 6.61 Å². The zero-order chi connectivity index (χ0) is 19.9. The zero-order valence-electron chi connectivity index (χ0n) is 14.8. The van der Waals surface area contributed by atoms with E-state index in [-0.39, 0.29) is 18.1 Å². The summed E-state index contributed by atoms with van der Waals surface area (Å²) in [4.78, 5) is 16.2. The first-order chi connectivity index (χ1) is 13.5. The molecule has 8 heteroatoms. The maximum atomic E-state index is 12.2. The molecule has 0 amide bonds. The van der Waals surface area contributed by atoms with Crippen LogP contribution in [0.5, 0.6) is 11.5 Å². The fourth-order valence-corrected chi connectivity index (χ4v) is 2.29. The lowest BCUT2D eigenvalue weighted by atomic mass is 10.1. The molecule has 2 aromatic carbocycles. The molecule has 0 saturated heterocycles.